The Morgan fingerprint density at radius 1 is 0.925 bits per heavy atom. The van der Waals surface area contributed by atoms with E-state index < -0.39 is 6.04 Å². The predicted octanol–water partition coefficient (Wildman–Crippen LogP) is 5.77. The first-order valence-corrected chi connectivity index (χ1v) is 13.2. The fourth-order valence-corrected chi connectivity index (χ4v) is 5.27. The summed E-state index contributed by atoms with van der Waals surface area (Å²) in [6, 6.07) is 18.0. The lowest BCUT2D eigenvalue weighted by molar-refractivity contribution is -0.117. The second-order valence-electron chi connectivity index (χ2n) is 8.95. The molecule has 40 heavy (non-hydrogen) atoms. The van der Waals surface area contributed by atoms with Crippen LogP contribution in [0.3, 0.4) is 0 Å². The van der Waals surface area contributed by atoms with Crippen LogP contribution in [-0.4, -0.2) is 44.8 Å². The van der Waals surface area contributed by atoms with Gasteiger partial charge in [-0.2, -0.15) is 4.37 Å². The molecule has 0 bridgehead atoms. The molecule has 10 heteroatoms. The van der Waals surface area contributed by atoms with Gasteiger partial charge in [-0.15, -0.1) is 0 Å². The number of carbonyl (C=O) groups is 1. The molecule has 9 nitrogen and oxygen atoms in total. The molecule has 1 amide bonds. The van der Waals surface area contributed by atoms with Gasteiger partial charge >= 0.3 is 0 Å². The number of nitrogens with one attached hydrogen (secondary N) is 1. The summed E-state index contributed by atoms with van der Waals surface area (Å²) in [5.41, 5.74) is 10.1. The maximum absolute atomic E-state index is 13.1. The molecule has 0 radical (unpaired) electrons. The quantitative estimate of drug-likeness (QED) is 0.222. The van der Waals surface area contributed by atoms with Crippen molar-refractivity contribution in [2.24, 2.45) is 5.73 Å². The summed E-state index contributed by atoms with van der Waals surface area (Å²) < 4.78 is 32.3. The Labute approximate surface area is 235 Å². The maximum Gasteiger partial charge on any atom is 0.241 e. The van der Waals surface area contributed by atoms with E-state index in [2.05, 4.69) is 9.69 Å². The first-order valence-electron chi connectivity index (χ1n) is 12.4. The number of furan rings is 1. The lowest BCUT2D eigenvalue weighted by Crippen LogP contribution is -2.37. The Morgan fingerprint density at radius 2 is 1.65 bits per heavy atom. The van der Waals surface area contributed by atoms with Crippen LogP contribution in [0.25, 0.3) is 32.5 Å². The summed E-state index contributed by atoms with van der Waals surface area (Å²) in [5.74, 6) is 2.38. The van der Waals surface area contributed by atoms with Crippen molar-refractivity contribution in [2.75, 3.05) is 33.8 Å². The van der Waals surface area contributed by atoms with E-state index in [9.17, 15) is 4.79 Å². The lowest BCUT2D eigenvalue weighted by Gasteiger charge is -2.16. The molecular formula is C30H29N3O6S. The van der Waals surface area contributed by atoms with E-state index in [1.807, 2.05) is 54.6 Å². The van der Waals surface area contributed by atoms with Crippen LogP contribution < -0.4 is 30.0 Å². The van der Waals surface area contributed by atoms with Crippen molar-refractivity contribution in [3.63, 3.8) is 0 Å². The maximum atomic E-state index is 13.1. The first kappa shape index (κ1) is 27.0. The molecule has 3 N–H and O–H groups in total. The summed E-state index contributed by atoms with van der Waals surface area (Å²) in [7, 11) is 6.26. The number of fused-ring (bicyclic) bond motifs is 1. The van der Waals surface area contributed by atoms with E-state index in [0.29, 0.717) is 34.4 Å². The minimum Gasteiger partial charge on any atom is -0.495 e. The van der Waals surface area contributed by atoms with Gasteiger partial charge in [0, 0.05) is 29.1 Å². The molecule has 2 aromatic heterocycles. The number of aromatic nitrogens is 1. The number of amides is 1. The molecule has 0 aliphatic rings. The molecule has 206 valence electrons. The van der Waals surface area contributed by atoms with Gasteiger partial charge in [0.15, 0.2) is 11.5 Å². The van der Waals surface area contributed by atoms with Crippen LogP contribution >= 0.6 is 11.5 Å². The van der Waals surface area contributed by atoms with Crippen LogP contribution in [0.5, 0.6) is 23.0 Å². The van der Waals surface area contributed by atoms with Crippen molar-refractivity contribution in [2.45, 2.75) is 12.5 Å². The number of ether oxygens (including phenoxy) is 4. The smallest absolute Gasteiger partial charge is 0.241 e. The molecule has 3 aromatic carbocycles. The third-order valence-corrected chi connectivity index (χ3v) is 7.35. The van der Waals surface area contributed by atoms with E-state index >= 15 is 0 Å². The van der Waals surface area contributed by atoms with Crippen LogP contribution in [0, 0.1) is 0 Å². The van der Waals surface area contributed by atoms with Crippen LogP contribution in [0.15, 0.2) is 71.3 Å². The number of hydrogen-bond donors (Lipinski definition) is 2. The molecule has 0 fully saturated rings. The minimum absolute atomic E-state index is 0.252. The molecule has 0 saturated heterocycles. The van der Waals surface area contributed by atoms with E-state index in [-0.39, 0.29) is 12.3 Å². The van der Waals surface area contributed by atoms with Gasteiger partial charge in [-0.05, 0) is 53.5 Å². The third kappa shape index (κ3) is 5.31. The van der Waals surface area contributed by atoms with Crippen molar-refractivity contribution < 1.29 is 28.2 Å². The Kier molecular flexibility index (Phi) is 7.90. The van der Waals surface area contributed by atoms with Gasteiger partial charge in [0.05, 0.1) is 45.0 Å². The zero-order valence-corrected chi connectivity index (χ0v) is 23.3. The van der Waals surface area contributed by atoms with E-state index in [0.717, 1.165) is 32.5 Å². The monoisotopic (exact) mass is 559 g/mol. The Hall–Kier alpha value is -4.54. The molecular weight excluding hydrogens is 530 g/mol. The normalized spacial score (nSPS) is 11.7. The second-order valence-corrected chi connectivity index (χ2v) is 9.75. The van der Waals surface area contributed by atoms with Gasteiger partial charge in [-0.1, -0.05) is 24.3 Å². The number of nitrogens with zero attached hydrogens (tertiary/aromatic N) is 1. The highest BCUT2D eigenvalue weighted by Crippen LogP contribution is 2.45. The lowest BCUT2D eigenvalue weighted by atomic mass is 10.0. The highest BCUT2D eigenvalue weighted by molar-refractivity contribution is 7.10. The topological polar surface area (TPSA) is 118 Å². The van der Waals surface area contributed by atoms with Crippen LogP contribution in [0.1, 0.15) is 5.76 Å². The average Bonchev–Trinajstić information content (AvgIpc) is 3.63. The van der Waals surface area contributed by atoms with E-state index in [1.165, 1.54) is 11.5 Å². The summed E-state index contributed by atoms with van der Waals surface area (Å²) in [6.07, 6.45) is 2.03. The first-order chi connectivity index (χ1) is 19.4. The summed E-state index contributed by atoms with van der Waals surface area (Å²) in [6.45, 7) is 0. The van der Waals surface area contributed by atoms with Crippen LogP contribution in [-0.2, 0) is 11.2 Å². The highest BCUT2D eigenvalue weighted by atomic mass is 32.1. The predicted molar refractivity (Wildman–Crippen MR) is 156 cm³/mol. The molecule has 1 atom stereocenters. The van der Waals surface area contributed by atoms with Crippen molar-refractivity contribution in [3.05, 3.63) is 72.6 Å². The minimum atomic E-state index is -0.827. The molecule has 5 aromatic rings. The number of carbonyl (C=O) groups excluding carboxylic acids is 1. The Bertz CT molecular complexity index is 1600. The van der Waals surface area contributed by atoms with E-state index in [4.69, 9.17) is 29.1 Å². The standard InChI is InChI=1S/C30H29N3O6S/c1-35-25-10-9-17(21-16-32-40-29(21)19-13-26(36-2)28(38-4)27(14-19)37-3)12-23(25)33-30(34)22(31)15-20-11-18-7-5-6-8-24(18)39-20/h5-14,16,22H,15,31H2,1-4H3,(H,33,34). The van der Waals surface area contributed by atoms with Gasteiger partial charge in [-0.3, -0.25) is 4.79 Å². The third-order valence-electron chi connectivity index (χ3n) is 6.50. The van der Waals surface area contributed by atoms with Gasteiger partial charge in [-0.25, -0.2) is 0 Å². The number of nitrogens with two attached hydrogens (primary N) is 1. The Balaban J connectivity index is 1.42. The number of hydrogen-bond acceptors (Lipinski definition) is 9. The number of para-hydroxylation sites is 1. The Morgan fingerprint density at radius 3 is 2.33 bits per heavy atom. The van der Waals surface area contributed by atoms with Crippen molar-refractivity contribution in [3.8, 4) is 44.6 Å². The van der Waals surface area contributed by atoms with Crippen LogP contribution in [0.2, 0.25) is 0 Å². The number of rotatable bonds is 10. The van der Waals surface area contributed by atoms with Gasteiger partial charge in [0.25, 0.3) is 0 Å². The SMILES string of the molecule is COc1ccc(-c2cnsc2-c2cc(OC)c(OC)c(OC)c2)cc1NC(=O)C(N)Cc1cc2ccccc2o1. The molecule has 0 spiro atoms. The largest absolute Gasteiger partial charge is 0.495 e. The summed E-state index contributed by atoms with van der Waals surface area (Å²) >= 11 is 1.34. The average molecular weight is 560 g/mol. The van der Waals surface area contributed by atoms with Crippen molar-refractivity contribution in [1.29, 1.82) is 0 Å². The summed E-state index contributed by atoms with van der Waals surface area (Å²) in [4.78, 5) is 14.0. The van der Waals surface area contributed by atoms with Crippen molar-refractivity contribution >= 4 is 34.1 Å². The van der Waals surface area contributed by atoms with Gasteiger partial charge in [0.2, 0.25) is 11.7 Å². The van der Waals surface area contributed by atoms with Crippen molar-refractivity contribution in [1.82, 2.24) is 4.37 Å². The zero-order valence-electron chi connectivity index (χ0n) is 22.5. The second kappa shape index (κ2) is 11.7. The van der Waals surface area contributed by atoms with Gasteiger partial charge < -0.3 is 34.4 Å². The number of methoxy groups -OCH3 is 4. The molecule has 2 heterocycles. The van der Waals surface area contributed by atoms with Crippen LogP contribution in [0.4, 0.5) is 5.69 Å². The number of benzene rings is 3. The molecule has 0 aliphatic heterocycles. The summed E-state index contributed by atoms with van der Waals surface area (Å²) in [5, 5.41) is 3.89. The highest BCUT2D eigenvalue weighted by Gasteiger charge is 2.21. The molecule has 5 rings (SSSR count). The van der Waals surface area contributed by atoms with Gasteiger partial charge in [0.1, 0.15) is 17.1 Å². The zero-order chi connectivity index (χ0) is 28.2. The molecule has 0 saturated carbocycles. The fraction of sp³-hybridized carbons (Fsp3) is 0.200. The molecule has 0 aliphatic carbocycles. The van der Waals surface area contributed by atoms with E-state index in [1.54, 1.807) is 40.7 Å². The fourth-order valence-electron chi connectivity index (χ4n) is 4.51. The number of anilines is 1. The molecule has 1 unspecified atom stereocenters.